The minimum atomic E-state index is -0.833. The average molecular weight is 264 g/mol. The quantitative estimate of drug-likeness (QED) is 0.643. The summed E-state index contributed by atoms with van der Waals surface area (Å²) in [7, 11) is 0. The van der Waals surface area contributed by atoms with Gasteiger partial charge < -0.3 is 10.3 Å². The second kappa shape index (κ2) is 5.25. The van der Waals surface area contributed by atoms with E-state index in [1.807, 2.05) is 0 Å². The average Bonchev–Trinajstić information content (AvgIpc) is 2.88. The molecule has 0 atom stereocenters. The van der Waals surface area contributed by atoms with Crippen LogP contribution in [0.15, 0.2) is 30.7 Å². The van der Waals surface area contributed by atoms with Gasteiger partial charge in [-0.25, -0.2) is 9.37 Å². The van der Waals surface area contributed by atoms with Crippen LogP contribution in [0.25, 0.3) is 0 Å². The number of nitrogens with one attached hydrogen (secondary N) is 2. The molecule has 0 radical (unpaired) electrons. The zero-order chi connectivity index (χ0) is 13.8. The number of H-pyrrole nitrogens is 1. The van der Waals surface area contributed by atoms with Crippen molar-refractivity contribution < 1.29 is 14.1 Å². The Kier molecular flexibility index (Phi) is 3.51. The van der Waals surface area contributed by atoms with Gasteiger partial charge in [-0.05, 0) is 6.07 Å². The van der Waals surface area contributed by atoms with Crippen LogP contribution >= 0.6 is 0 Å². The summed E-state index contributed by atoms with van der Waals surface area (Å²) in [5, 5.41) is 13.1. The van der Waals surface area contributed by atoms with Gasteiger partial charge in [0.15, 0.2) is 0 Å². The Morgan fingerprint density at radius 3 is 2.89 bits per heavy atom. The summed E-state index contributed by atoms with van der Waals surface area (Å²) in [6, 6.07) is 2.71. The molecule has 0 aliphatic heterocycles. The third-order valence-electron chi connectivity index (χ3n) is 2.35. The first-order valence-electron chi connectivity index (χ1n) is 5.26. The van der Waals surface area contributed by atoms with Crippen molar-refractivity contribution >= 4 is 11.6 Å². The summed E-state index contributed by atoms with van der Waals surface area (Å²) in [4.78, 5) is 28.1. The summed E-state index contributed by atoms with van der Waals surface area (Å²) in [6.07, 6.45) is 2.98. The van der Waals surface area contributed by atoms with E-state index in [1.165, 1.54) is 12.5 Å². The van der Waals surface area contributed by atoms with Crippen molar-refractivity contribution in [1.29, 1.82) is 0 Å². The fourth-order valence-electron chi connectivity index (χ4n) is 1.47. The van der Waals surface area contributed by atoms with Gasteiger partial charge in [0, 0.05) is 17.8 Å². The highest BCUT2D eigenvalue weighted by molar-refractivity contribution is 5.94. The lowest BCUT2D eigenvalue weighted by atomic mass is 10.2. The summed E-state index contributed by atoms with van der Waals surface area (Å²) in [5.74, 6) is -1.43. The molecule has 1 aromatic heterocycles. The molecule has 0 bridgehead atoms. The van der Waals surface area contributed by atoms with Gasteiger partial charge in [-0.3, -0.25) is 14.9 Å². The molecule has 2 aromatic rings. The van der Waals surface area contributed by atoms with Gasteiger partial charge in [-0.15, -0.1) is 0 Å². The number of hydrogen-bond donors (Lipinski definition) is 2. The zero-order valence-electron chi connectivity index (χ0n) is 9.59. The van der Waals surface area contributed by atoms with Crippen LogP contribution in [0.2, 0.25) is 0 Å². The standard InChI is InChI=1S/C11H9FN4O3/c12-8-1-7(2-10(3-8)16(18)19)11(17)14-5-9-4-13-6-15-9/h1-4,6H,5H2,(H,13,15)(H,14,17). The number of halogens is 1. The smallest absolute Gasteiger partial charge is 0.273 e. The van der Waals surface area contributed by atoms with E-state index in [1.54, 1.807) is 0 Å². The molecule has 0 saturated carbocycles. The van der Waals surface area contributed by atoms with Crippen molar-refractivity contribution in [3.8, 4) is 0 Å². The number of aromatic amines is 1. The molecular weight excluding hydrogens is 255 g/mol. The zero-order valence-corrected chi connectivity index (χ0v) is 9.59. The van der Waals surface area contributed by atoms with Gasteiger partial charge >= 0.3 is 0 Å². The molecule has 2 rings (SSSR count). The van der Waals surface area contributed by atoms with Gasteiger partial charge in [-0.2, -0.15) is 0 Å². The van der Waals surface area contributed by atoms with Crippen molar-refractivity contribution in [3.05, 3.63) is 57.9 Å². The lowest BCUT2D eigenvalue weighted by Crippen LogP contribution is -2.23. The summed E-state index contributed by atoms with van der Waals surface area (Å²) in [6.45, 7) is 0.170. The van der Waals surface area contributed by atoms with Gasteiger partial charge in [-0.1, -0.05) is 0 Å². The third kappa shape index (κ3) is 3.12. The van der Waals surface area contributed by atoms with Gasteiger partial charge in [0.25, 0.3) is 11.6 Å². The molecule has 1 heterocycles. The van der Waals surface area contributed by atoms with E-state index in [-0.39, 0.29) is 12.1 Å². The maximum atomic E-state index is 13.2. The van der Waals surface area contributed by atoms with Crippen molar-refractivity contribution in [2.45, 2.75) is 6.54 Å². The number of carbonyl (C=O) groups excluding carboxylic acids is 1. The molecule has 0 aliphatic rings. The maximum absolute atomic E-state index is 13.2. The van der Waals surface area contributed by atoms with E-state index in [0.717, 1.165) is 18.2 Å². The lowest BCUT2D eigenvalue weighted by Gasteiger charge is -2.04. The second-order valence-corrected chi connectivity index (χ2v) is 3.71. The fourth-order valence-corrected chi connectivity index (χ4v) is 1.47. The molecule has 1 aromatic carbocycles. The Hall–Kier alpha value is -2.77. The lowest BCUT2D eigenvalue weighted by molar-refractivity contribution is -0.385. The minimum Gasteiger partial charge on any atom is -0.347 e. The Morgan fingerprint density at radius 2 is 2.26 bits per heavy atom. The number of benzene rings is 1. The number of aromatic nitrogens is 2. The van der Waals surface area contributed by atoms with Crippen LogP contribution in [0.1, 0.15) is 16.1 Å². The van der Waals surface area contributed by atoms with Crippen LogP contribution in [-0.4, -0.2) is 20.8 Å². The van der Waals surface area contributed by atoms with E-state index in [9.17, 15) is 19.3 Å². The molecular formula is C11H9FN4O3. The first-order valence-corrected chi connectivity index (χ1v) is 5.26. The molecule has 0 saturated heterocycles. The number of amides is 1. The molecule has 0 unspecified atom stereocenters. The molecule has 0 aliphatic carbocycles. The number of nitro benzene ring substituents is 1. The molecule has 2 N–H and O–H groups in total. The fraction of sp³-hybridized carbons (Fsp3) is 0.0909. The van der Waals surface area contributed by atoms with Crippen LogP contribution in [0.4, 0.5) is 10.1 Å². The SMILES string of the molecule is O=C(NCc1cnc[nH]1)c1cc(F)cc([N+](=O)[O-])c1. The molecule has 0 spiro atoms. The van der Waals surface area contributed by atoms with Crippen LogP contribution in [-0.2, 0) is 6.54 Å². The van der Waals surface area contributed by atoms with Crippen molar-refractivity contribution in [1.82, 2.24) is 15.3 Å². The highest BCUT2D eigenvalue weighted by Gasteiger charge is 2.14. The molecule has 7 nitrogen and oxygen atoms in total. The Bertz CT molecular complexity index is 612. The van der Waals surface area contributed by atoms with E-state index < -0.39 is 22.3 Å². The Morgan fingerprint density at radius 1 is 1.47 bits per heavy atom. The predicted molar refractivity (Wildman–Crippen MR) is 62.8 cm³/mol. The van der Waals surface area contributed by atoms with Gasteiger partial charge in [0.2, 0.25) is 0 Å². The summed E-state index contributed by atoms with van der Waals surface area (Å²) >= 11 is 0. The van der Waals surface area contributed by atoms with Crippen molar-refractivity contribution in [2.75, 3.05) is 0 Å². The first kappa shape index (κ1) is 12.7. The van der Waals surface area contributed by atoms with Crippen LogP contribution in [0.5, 0.6) is 0 Å². The van der Waals surface area contributed by atoms with E-state index in [4.69, 9.17) is 0 Å². The highest BCUT2D eigenvalue weighted by Crippen LogP contribution is 2.16. The molecule has 8 heteroatoms. The highest BCUT2D eigenvalue weighted by atomic mass is 19.1. The van der Waals surface area contributed by atoms with Crippen LogP contribution in [0, 0.1) is 15.9 Å². The minimum absolute atomic E-state index is 0.105. The van der Waals surface area contributed by atoms with E-state index in [2.05, 4.69) is 15.3 Å². The summed E-state index contributed by atoms with van der Waals surface area (Å²) in [5.41, 5.74) is 0.0946. The largest absolute Gasteiger partial charge is 0.347 e. The van der Waals surface area contributed by atoms with Crippen molar-refractivity contribution in [3.63, 3.8) is 0 Å². The number of nitro groups is 1. The Labute approximate surface area is 106 Å². The van der Waals surface area contributed by atoms with Crippen molar-refractivity contribution in [2.24, 2.45) is 0 Å². The normalized spacial score (nSPS) is 10.2. The van der Waals surface area contributed by atoms with E-state index >= 15 is 0 Å². The first-order chi connectivity index (χ1) is 9.06. The number of non-ortho nitro benzene ring substituents is 1. The topological polar surface area (TPSA) is 101 Å². The second-order valence-electron chi connectivity index (χ2n) is 3.71. The molecule has 19 heavy (non-hydrogen) atoms. The molecule has 98 valence electrons. The third-order valence-corrected chi connectivity index (χ3v) is 2.35. The number of imidazole rings is 1. The van der Waals surface area contributed by atoms with E-state index in [0.29, 0.717) is 5.69 Å². The van der Waals surface area contributed by atoms with Crippen LogP contribution < -0.4 is 5.32 Å². The Balaban J connectivity index is 2.12. The summed E-state index contributed by atoms with van der Waals surface area (Å²) < 4.78 is 13.2. The molecule has 1 amide bonds. The predicted octanol–water partition coefficient (Wildman–Crippen LogP) is 1.39. The van der Waals surface area contributed by atoms with Gasteiger partial charge in [0.1, 0.15) is 5.82 Å². The molecule has 0 fully saturated rings. The van der Waals surface area contributed by atoms with Crippen LogP contribution in [0.3, 0.4) is 0 Å². The number of carbonyl (C=O) groups is 1. The van der Waals surface area contributed by atoms with Gasteiger partial charge in [0.05, 0.1) is 29.6 Å². The number of rotatable bonds is 4. The maximum Gasteiger partial charge on any atom is 0.273 e. The number of nitrogens with zero attached hydrogens (tertiary/aromatic N) is 2. The number of hydrogen-bond acceptors (Lipinski definition) is 4. The monoisotopic (exact) mass is 264 g/mol.